The minimum atomic E-state index is -0.711. The smallest absolute Gasteiger partial charge is 0.346 e. The second-order valence-corrected chi connectivity index (χ2v) is 7.35. The number of aliphatic hydroxyl groups excluding tert-OH is 1. The summed E-state index contributed by atoms with van der Waals surface area (Å²) in [5, 5.41) is 10.5. The molecule has 4 nitrogen and oxygen atoms in total. The zero-order chi connectivity index (χ0) is 17.8. The summed E-state index contributed by atoms with van der Waals surface area (Å²) >= 11 is 0. The Morgan fingerprint density at radius 1 is 1.16 bits per heavy atom. The molecule has 1 aliphatic heterocycles. The van der Waals surface area contributed by atoms with E-state index in [-0.39, 0.29) is 23.0 Å². The first kappa shape index (κ1) is 17.7. The van der Waals surface area contributed by atoms with Crippen molar-refractivity contribution in [2.45, 2.75) is 58.0 Å². The van der Waals surface area contributed by atoms with E-state index in [0.717, 1.165) is 18.4 Å². The van der Waals surface area contributed by atoms with Crippen molar-refractivity contribution in [3.8, 4) is 0 Å². The summed E-state index contributed by atoms with van der Waals surface area (Å²) < 4.78 is 5.30. The molecule has 0 amide bonds. The fraction of sp³-hybridized carbons (Fsp3) is 0.524. The molecular weight excluding hydrogens is 316 g/mol. The molecule has 4 heteroatoms. The molecule has 0 bridgehead atoms. The Morgan fingerprint density at radius 2 is 1.84 bits per heavy atom. The molecule has 1 aliphatic carbocycles. The lowest BCUT2D eigenvalue weighted by atomic mass is 9.84. The number of benzene rings is 1. The maximum absolute atomic E-state index is 12.6. The quantitative estimate of drug-likeness (QED) is 0.378. The second kappa shape index (κ2) is 7.85. The third kappa shape index (κ3) is 4.12. The van der Waals surface area contributed by atoms with Crippen LogP contribution >= 0.6 is 0 Å². The molecule has 0 radical (unpaired) electrons. The van der Waals surface area contributed by atoms with E-state index in [0.29, 0.717) is 18.8 Å². The molecule has 3 rings (SSSR count). The Labute approximate surface area is 148 Å². The van der Waals surface area contributed by atoms with Gasteiger partial charge in [0.15, 0.2) is 6.10 Å². The number of rotatable bonds is 5. The molecule has 1 saturated heterocycles. The highest BCUT2D eigenvalue weighted by Crippen LogP contribution is 2.32. The number of carbonyl (C=O) groups excluding carboxylic acids is 2. The first-order chi connectivity index (χ1) is 12.1. The van der Waals surface area contributed by atoms with Gasteiger partial charge < -0.3 is 9.84 Å². The van der Waals surface area contributed by atoms with Gasteiger partial charge in [0.2, 0.25) is 5.78 Å². The minimum Gasteiger partial charge on any atom is -0.511 e. The van der Waals surface area contributed by atoms with Gasteiger partial charge in [-0.25, -0.2) is 4.79 Å². The van der Waals surface area contributed by atoms with Crippen LogP contribution in [0.1, 0.15) is 51.0 Å². The molecule has 2 unspecified atom stereocenters. The first-order valence-electron chi connectivity index (χ1n) is 9.28. The van der Waals surface area contributed by atoms with Gasteiger partial charge in [0.1, 0.15) is 11.3 Å². The molecule has 1 aromatic carbocycles. The van der Waals surface area contributed by atoms with E-state index < -0.39 is 12.1 Å². The van der Waals surface area contributed by atoms with Gasteiger partial charge in [0.05, 0.1) is 0 Å². The Kier molecular flexibility index (Phi) is 5.57. The topological polar surface area (TPSA) is 63.6 Å². The highest BCUT2D eigenvalue weighted by molar-refractivity contribution is 6.23. The number of esters is 1. The lowest BCUT2D eigenvalue weighted by molar-refractivity contribution is -0.141. The van der Waals surface area contributed by atoms with E-state index >= 15 is 0 Å². The van der Waals surface area contributed by atoms with E-state index in [1.54, 1.807) is 0 Å². The fourth-order valence-electron chi connectivity index (χ4n) is 3.93. The molecule has 2 aliphatic rings. The van der Waals surface area contributed by atoms with Gasteiger partial charge in [0.25, 0.3) is 0 Å². The van der Waals surface area contributed by atoms with Crippen molar-refractivity contribution in [2.75, 3.05) is 0 Å². The summed E-state index contributed by atoms with van der Waals surface area (Å²) in [6.07, 6.45) is 6.25. The normalized spacial score (nSPS) is 24.9. The van der Waals surface area contributed by atoms with Crippen LogP contribution < -0.4 is 0 Å². The summed E-state index contributed by atoms with van der Waals surface area (Å²) in [7, 11) is 0. The van der Waals surface area contributed by atoms with Crippen LogP contribution in [0.5, 0.6) is 0 Å². The zero-order valence-electron chi connectivity index (χ0n) is 14.7. The fourth-order valence-corrected chi connectivity index (χ4v) is 3.93. The van der Waals surface area contributed by atoms with E-state index in [1.165, 1.54) is 19.3 Å². The standard InChI is InChI=1S/C21H26O4/c1-14(12-15-8-4-2-5-9-15)19(22)18-20(23)17(25-21(18)24)13-16-10-6-3-7-11-16/h2,4-5,8-9,14,16-17,22H,3,6-7,10-13H2,1H3/b19-18+. The first-order valence-corrected chi connectivity index (χ1v) is 9.28. The van der Waals surface area contributed by atoms with Crippen molar-refractivity contribution in [2.24, 2.45) is 11.8 Å². The van der Waals surface area contributed by atoms with Crippen molar-refractivity contribution in [3.05, 3.63) is 47.2 Å². The van der Waals surface area contributed by atoms with Crippen molar-refractivity contribution >= 4 is 11.8 Å². The number of cyclic esters (lactones) is 1. The largest absolute Gasteiger partial charge is 0.511 e. The molecule has 1 N–H and O–H groups in total. The minimum absolute atomic E-state index is 0.134. The van der Waals surface area contributed by atoms with Crippen LogP contribution in [0.3, 0.4) is 0 Å². The molecule has 25 heavy (non-hydrogen) atoms. The molecule has 1 heterocycles. The maximum atomic E-state index is 12.6. The van der Waals surface area contributed by atoms with Crippen LogP contribution in [0.25, 0.3) is 0 Å². The molecule has 0 spiro atoms. The molecule has 2 atom stereocenters. The highest BCUT2D eigenvalue weighted by Gasteiger charge is 2.42. The molecule has 0 aromatic heterocycles. The zero-order valence-corrected chi connectivity index (χ0v) is 14.7. The van der Waals surface area contributed by atoms with Crippen LogP contribution in [-0.4, -0.2) is 23.0 Å². The number of aliphatic hydroxyl groups is 1. The SMILES string of the molecule is CC(Cc1ccccc1)/C(O)=C1\C(=O)OC(CC2CCCCC2)C1=O. The van der Waals surface area contributed by atoms with Crippen molar-refractivity contribution < 1.29 is 19.4 Å². The van der Waals surface area contributed by atoms with Crippen LogP contribution in [0.15, 0.2) is 41.7 Å². The molecule has 1 aromatic rings. The Morgan fingerprint density at radius 3 is 2.52 bits per heavy atom. The number of hydrogen-bond donors (Lipinski definition) is 1. The molecule has 134 valence electrons. The maximum Gasteiger partial charge on any atom is 0.346 e. The third-order valence-corrected chi connectivity index (χ3v) is 5.37. The number of allylic oxidation sites excluding steroid dienone is 1. The van der Waals surface area contributed by atoms with Gasteiger partial charge in [-0.15, -0.1) is 0 Å². The van der Waals surface area contributed by atoms with Crippen LogP contribution in [-0.2, 0) is 20.7 Å². The second-order valence-electron chi connectivity index (χ2n) is 7.35. The summed E-state index contributed by atoms with van der Waals surface area (Å²) in [4.78, 5) is 24.8. The Balaban J connectivity index is 1.70. The van der Waals surface area contributed by atoms with Gasteiger partial charge >= 0.3 is 5.97 Å². The Bertz CT molecular complexity index is 656. The predicted molar refractivity (Wildman–Crippen MR) is 95.0 cm³/mol. The van der Waals surface area contributed by atoms with E-state index in [4.69, 9.17) is 4.74 Å². The highest BCUT2D eigenvalue weighted by atomic mass is 16.6. The van der Waals surface area contributed by atoms with Gasteiger partial charge in [-0.05, 0) is 24.3 Å². The van der Waals surface area contributed by atoms with Gasteiger partial charge in [-0.1, -0.05) is 69.4 Å². The summed E-state index contributed by atoms with van der Waals surface area (Å²) in [6.45, 7) is 1.82. The number of Topliss-reactive ketones (excluding diaryl/α,β-unsaturated/α-hetero) is 1. The molecule has 1 saturated carbocycles. The van der Waals surface area contributed by atoms with Gasteiger partial charge in [-0.2, -0.15) is 0 Å². The van der Waals surface area contributed by atoms with E-state index in [1.807, 2.05) is 37.3 Å². The lowest BCUT2D eigenvalue weighted by Crippen LogP contribution is -2.22. The Hall–Kier alpha value is -2.10. The van der Waals surface area contributed by atoms with Crippen LogP contribution in [0.4, 0.5) is 0 Å². The number of ketones is 1. The van der Waals surface area contributed by atoms with E-state index in [2.05, 4.69) is 0 Å². The number of hydrogen-bond acceptors (Lipinski definition) is 4. The summed E-state index contributed by atoms with van der Waals surface area (Å²) in [5.74, 6) is -0.998. The monoisotopic (exact) mass is 342 g/mol. The average molecular weight is 342 g/mol. The third-order valence-electron chi connectivity index (χ3n) is 5.37. The molecule has 2 fully saturated rings. The summed E-state index contributed by atoms with van der Waals surface area (Å²) in [5.41, 5.74) is 0.920. The average Bonchev–Trinajstić information content (AvgIpc) is 2.89. The number of carbonyl (C=O) groups is 2. The van der Waals surface area contributed by atoms with Crippen molar-refractivity contribution in [1.29, 1.82) is 0 Å². The lowest BCUT2D eigenvalue weighted by Gasteiger charge is -2.22. The van der Waals surface area contributed by atoms with Crippen molar-refractivity contribution in [1.82, 2.24) is 0 Å². The predicted octanol–water partition coefficient (Wildman–Crippen LogP) is 4.14. The van der Waals surface area contributed by atoms with Crippen LogP contribution in [0, 0.1) is 11.8 Å². The van der Waals surface area contributed by atoms with Crippen LogP contribution in [0.2, 0.25) is 0 Å². The van der Waals surface area contributed by atoms with Gasteiger partial charge in [0, 0.05) is 5.92 Å². The van der Waals surface area contributed by atoms with E-state index in [9.17, 15) is 14.7 Å². The van der Waals surface area contributed by atoms with Crippen molar-refractivity contribution in [3.63, 3.8) is 0 Å². The molecular formula is C21H26O4. The summed E-state index contributed by atoms with van der Waals surface area (Å²) in [6, 6.07) is 9.73. The van der Waals surface area contributed by atoms with Gasteiger partial charge in [-0.3, -0.25) is 4.79 Å². The number of ether oxygens (including phenoxy) is 1.